The largest absolute Gasteiger partial charge is 0.360 e. The molecule has 0 saturated heterocycles. The molecule has 1 heterocycles. The van der Waals surface area contributed by atoms with Crippen molar-refractivity contribution in [3.63, 3.8) is 0 Å². The zero-order valence-corrected chi connectivity index (χ0v) is 19.1. The number of Topliss-reactive ketones (excluding diaryl/α,β-unsaturated/α-hetero) is 1. The van der Waals surface area contributed by atoms with Gasteiger partial charge in [-0.15, -0.1) is 0 Å². The van der Waals surface area contributed by atoms with Gasteiger partial charge < -0.3 is 4.74 Å². The Labute approximate surface area is 182 Å². The summed E-state index contributed by atoms with van der Waals surface area (Å²) in [4.78, 5) is 17.4. The predicted octanol–water partition coefficient (Wildman–Crippen LogP) is 7.27. The first-order valence-corrected chi connectivity index (χ1v) is 10.3. The molecule has 0 spiro atoms. The van der Waals surface area contributed by atoms with Gasteiger partial charge in [-0.2, -0.15) is 0 Å². The van der Waals surface area contributed by atoms with E-state index in [9.17, 15) is 4.79 Å². The van der Waals surface area contributed by atoms with E-state index in [2.05, 4.69) is 0 Å². The van der Waals surface area contributed by atoms with Gasteiger partial charge in [0.1, 0.15) is 6.10 Å². The molecule has 0 aliphatic rings. The molecule has 1 atom stereocenters. The van der Waals surface area contributed by atoms with Gasteiger partial charge in [-0.05, 0) is 82.5 Å². The summed E-state index contributed by atoms with van der Waals surface area (Å²) < 4.78 is 6.23. The number of nitrogens with zero attached hydrogens (tertiary/aromatic N) is 1. The third kappa shape index (κ3) is 4.63. The van der Waals surface area contributed by atoms with Crippen LogP contribution in [0.15, 0.2) is 36.4 Å². The molecular formula is C24H25Cl2NO2. The minimum atomic E-state index is -0.720. The van der Waals surface area contributed by atoms with Crippen molar-refractivity contribution in [2.75, 3.05) is 0 Å². The van der Waals surface area contributed by atoms with E-state index >= 15 is 0 Å². The quantitative estimate of drug-likeness (QED) is 0.437. The molecule has 3 rings (SSSR count). The molecule has 0 amide bonds. The summed E-state index contributed by atoms with van der Waals surface area (Å²) in [5.74, 6) is -0.0613. The van der Waals surface area contributed by atoms with Crippen molar-refractivity contribution in [2.45, 2.75) is 53.2 Å². The van der Waals surface area contributed by atoms with Gasteiger partial charge in [0.15, 0.2) is 5.78 Å². The molecule has 3 nitrogen and oxygen atoms in total. The van der Waals surface area contributed by atoms with Gasteiger partial charge in [0.25, 0.3) is 0 Å². The van der Waals surface area contributed by atoms with Gasteiger partial charge in [-0.3, -0.25) is 9.78 Å². The number of ether oxygens (including phenoxy) is 1. The lowest BCUT2D eigenvalue weighted by Gasteiger charge is -2.29. The molecule has 0 N–H and O–H groups in total. The number of fused-ring (bicyclic) bond motifs is 1. The van der Waals surface area contributed by atoms with Gasteiger partial charge in [0, 0.05) is 26.7 Å². The van der Waals surface area contributed by atoms with Crippen LogP contribution in [0, 0.1) is 13.8 Å². The predicted molar refractivity (Wildman–Crippen MR) is 121 cm³/mol. The average Bonchev–Trinajstić information content (AvgIpc) is 2.58. The van der Waals surface area contributed by atoms with Crippen molar-refractivity contribution >= 4 is 39.9 Å². The zero-order valence-electron chi connectivity index (χ0n) is 17.6. The third-order valence-electron chi connectivity index (χ3n) is 4.68. The highest BCUT2D eigenvalue weighted by atomic mass is 35.5. The van der Waals surface area contributed by atoms with Crippen molar-refractivity contribution < 1.29 is 9.53 Å². The number of hydrogen-bond acceptors (Lipinski definition) is 3. The molecule has 2 aromatic carbocycles. The second kappa shape index (κ2) is 8.06. The van der Waals surface area contributed by atoms with Crippen molar-refractivity contribution in [1.82, 2.24) is 4.98 Å². The van der Waals surface area contributed by atoms with Gasteiger partial charge in [0.2, 0.25) is 0 Å². The Kier molecular flexibility index (Phi) is 6.05. The summed E-state index contributed by atoms with van der Waals surface area (Å²) in [7, 11) is 0. The third-order valence-corrected chi connectivity index (χ3v) is 5.23. The summed E-state index contributed by atoms with van der Waals surface area (Å²) >= 11 is 12.7. The summed E-state index contributed by atoms with van der Waals surface area (Å²) in [6, 6.07) is 11.4. The number of rotatable bonds is 4. The lowest BCUT2D eigenvalue weighted by Crippen LogP contribution is -2.27. The van der Waals surface area contributed by atoms with Crippen molar-refractivity contribution in [3.05, 3.63) is 63.3 Å². The van der Waals surface area contributed by atoms with Crippen LogP contribution in [0.25, 0.3) is 22.0 Å². The highest BCUT2D eigenvalue weighted by molar-refractivity contribution is 6.36. The molecule has 5 heteroatoms. The Morgan fingerprint density at radius 3 is 2.34 bits per heavy atom. The van der Waals surface area contributed by atoms with Gasteiger partial charge in [0.05, 0.1) is 11.1 Å². The molecular weight excluding hydrogens is 405 g/mol. The van der Waals surface area contributed by atoms with Crippen molar-refractivity contribution in [3.8, 4) is 11.1 Å². The minimum absolute atomic E-state index is 0.0613. The van der Waals surface area contributed by atoms with E-state index in [4.69, 9.17) is 32.9 Å². The monoisotopic (exact) mass is 429 g/mol. The van der Waals surface area contributed by atoms with Crippen LogP contribution in [0.1, 0.15) is 50.6 Å². The Morgan fingerprint density at radius 2 is 1.76 bits per heavy atom. The smallest absolute Gasteiger partial charge is 0.163 e. The Balaban J connectivity index is 2.44. The molecule has 152 valence electrons. The van der Waals surface area contributed by atoms with Gasteiger partial charge >= 0.3 is 0 Å². The van der Waals surface area contributed by atoms with Crippen molar-refractivity contribution in [2.24, 2.45) is 0 Å². The van der Waals surface area contributed by atoms with Gasteiger partial charge in [-0.1, -0.05) is 35.3 Å². The normalized spacial score (nSPS) is 13.0. The number of pyridine rings is 1. The maximum absolute atomic E-state index is 12.7. The summed E-state index contributed by atoms with van der Waals surface area (Å²) in [5.41, 5.74) is 4.69. The summed E-state index contributed by atoms with van der Waals surface area (Å²) in [6.07, 6.45) is -0.720. The van der Waals surface area contributed by atoms with Crippen LogP contribution in [-0.2, 0) is 9.53 Å². The van der Waals surface area contributed by atoms with E-state index in [1.54, 1.807) is 19.1 Å². The number of benzene rings is 2. The van der Waals surface area contributed by atoms with E-state index in [0.717, 1.165) is 38.9 Å². The Hall–Kier alpha value is -1.94. The standard InChI is InChI=1S/C24H25Cl2NO2/c1-13-11-20-18(9-7-14(2)27-20)22(17-10-8-16(25)12-19(17)26)21(13)23(15(3)28)29-24(4,5)6/h7-12,23H,1-6H3/t23-/m1/s1. The second-order valence-corrected chi connectivity index (χ2v) is 9.19. The summed E-state index contributed by atoms with van der Waals surface area (Å²) in [6.45, 7) is 11.3. The van der Waals surface area contributed by atoms with E-state index in [1.165, 1.54) is 0 Å². The van der Waals surface area contributed by atoms with Crippen LogP contribution >= 0.6 is 23.2 Å². The summed E-state index contributed by atoms with van der Waals surface area (Å²) in [5, 5.41) is 1.99. The maximum atomic E-state index is 12.7. The second-order valence-electron chi connectivity index (χ2n) is 8.35. The first-order chi connectivity index (χ1) is 13.5. The number of ketones is 1. The number of carbonyl (C=O) groups is 1. The van der Waals surface area contributed by atoms with Crippen LogP contribution in [0.2, 0.25) is 10.0 Å². The SMILES string of the molecule is CC(=O)[C@@H](OC(C)(C)C)c1c(C)cc2nc(C)ccc2c1-c1ccc(Cl)cc1Cl. The molecule has 3 aromatic rings. The molecule has 0 unspecified atom stereocenters. The molecule has 29 heavy (non-hydrogen) atoms. The highest BCUT2D eigenvalue weighted by Gasteiger charge is 2.30. The molecule has 0 fully saturated rings. The molecule has 1 aromatic heterocycles. The number of aryl methyl sites for hydroxylation is 2. The number of aromatic nitrogens is 1. The molecule has 0 aliphatic heterocycles. The fourth-order valence-electron chi connectivity index (χ4n) is 3.54. The van der Waals surface area contributed by atoms with E-state index in [1.807, 2.05) is 58.9 Å². The molecule has 0 radical (unpaired) electrons. The molecule has 0 saturated carbocycles. The first kappa shape index (κ1) is 21.8. The molecule has 0 bridgehead atoms. The maximum Gasteiger partial charge on any atom is 0.163 e. The van der Waals surface area contributed by atoms with Crippen LogP contribution in [0.4, 0.5) is 0 Å². The topological polar surface area (TPSA) is 39.2 Å². The van der Waals surface area contributed by atoms with E-state index < -0.39 is 11.7 Å². The van der Waals surface area contributed by atoms with Crippen molar-refractivity contribution in [1.29, 1.82) is 0 Å². The van der Waals surface area contributed by atoms with Crippen LogP contribution in [-0.4, -0.2) is 16.4 Å². The fourth-order valence-corrected chi connectivity index (χ4v) is 4.05. The van der Waals surface area contributed by atoms with Crippen LogP contribution in [0.5, 0.6) is 0 Å². The first-order valence-electron chi connectivity index (χ1n) is 9.52. The number of halogens is 2. The zero-order chi connectivity index (χ0) is 21.5. The average molecular weight is 430 g/mol. The van der Waals surface area contributed by atoms with Crippen LogP contribution in [0.3, 0.4) is 0 Å². The highest BCUT2D eigenvalue weighted by Crippen LogP contribution is 2.43. The minimum Gasteiger partial charge on any atom is -0.360 e. The lowest BCUT2D eigenvalue weighted by molar-refractivity contribution is -0.138. The number of carbonyl (C=O) groups excluding carboxylic acids is 1. The van der Waals surface area contributed by atoms with Crippen LogP contribution < -0.4 is 0 Å². The van der Waals surface area contributed by atoms with E-state index in [0.29, 0.717) is 10.0 Å². The fraction of sp³-hybridized carbons (Fsp3) is 0.333. The Bertz CT molecular complexity index is 1100. The number of hydrogen-bond donors (Lipinski definition) is 0. The van der Waals surface area contributed by atoms with E-state index in [-0.39, 0.29) is 5.78 Å². The Morgan fingerprint density at radius 1 is 1.07 bits per heavy atom. The molecule has 0 aliphatic carbocycles. The lowest BCUT2D eigenvalue weighted by atomic mass is 9.87. The van der Waals surface area contributed by atoms with Gasteiger partial charge in [-0.25, -0.2) is 0 Å².